The van der Waals surface area contributed by atoms with Crippen LogP contribution in [0.2, 0.25) is 0 Å². The SMILES string of the molecule is COC(=O)Cc1c(Br)ccc(C#N)c1CO. The molecule has 0 aliphatic rings. The van der Waals surface area contributed by atoms with Gasteiger partial charge in [0.25, 0.3) is 0 Å². The molecule has 4 nitrogen and oxygen atoms in total. The van der Waals surface area contributed by atoms with E-state index < -0.39 is 5.97 Å². The first-order valence-electron chi connectivity index (χ1n) is 4.52. The molecule has 0 saturated carbocycles. The second kappa shape index (κ2) is 5.64. The number of carbonyl (C=O) groups excluding carboxylic acids is 1. The highest BCUT2D eigenvalue weighted by Crippen LogP contribution is 2.24. The summed E-state index contributed by atoms with van der Waals surface area (Å²) < 4.78 is 5.24. The molecule has 0 radical (unpaired) electrons. The predicted molar refractivity (Wildman–Crippen MR) is 60.5 cm³/mol. The van der Waals surface area contributed by atoms with E-state index in [2.05, 4.69) is 20.7 Å². The molecule has 5 heteroatoms. The highest BCUT2D eigenvalue weighted by atomic mass is 79.9. The average molecular weight is 284 g/mol. The maximum absolute atomic E-state index is 11.2. The number of hydrogen-bond acceptors (Lipinski definition) is 4. The van der Waals surface area contributed by atoms with Crippen molar-refractivity contribution in [3.8, 4) is 6.07 Å². The molecule has 0 amide bonds. The third kappa shape index (κ3) is 2.60. The largest absolute Gasteiger partial charge is 0.469 e. The fourth-order valence-corrected chi connectivity index (χ4v) is 1.87. The maximum atomic E-state index is 11.2. The van der Waals surface area contributed by atoms with Gasteiger partial charge in [0, 0.05) is 10.0 Å². The molecule has 0 bridgehead atoms. The van der Waals surface area contributed by atoms with E-state index in [4.69, 9.17) is 5.26 Å². The van der Waals surface area contributed by atoms with Crippen molar-refractivity contribution >= 4 is 21.9 Å². The average Bonchev–Trinajstić information content (AvgIpc) is 2.31. The lowest BCUT2D eigenvalue weighted by Gasteiger charge is -2.10. The van der Waals surface area contributed by atoms with Crippen LogP contribution in [0.15, 0.2) is 16.6 Å². The summed E-state index contributed by atoms with van der Waals surface area (Å²) >= 11 is 3.28. The zero-order valence-electron chi connectivity index (χ0n) is 8.66. The Morgan fingerprint density at radius 2 is 2.25 bits per heavy atom. The lowest BCUT2D eigenvalue weighted by Crippen LogP contribution is -2.09. The second-order valence-electron chi connectivity index (χ2n) is 3.07. The predicted octanol–water partition coefficient (Wildman–Crippen LogP) is 1.53. The van der Waals surface area contributed by atoms with Crippen molar-refractivity contribution in [2.75, 3.05) is 7.11 Å². The quantitative estimate of drug-likeness (QED) is 0.854. The number of aliphatic hydroxyl groups excluding tert-OH is 1. The minimum absolute atomic E-state index is 0.0303. The van der Waals surface area contributed by atoms with Crippen LogP contribution in [0.25, 0.3) is 0 Å². The number of methoxy groups -OCH3 is 1. The van der Waals surface area contributed by atoms with Crippen LogP contribution >= 0.6 is 15.9 Å². The molecule has 16 heavy (non-hydrogen) atoms. The molecule has 0 aromatic heterocycles. The summed E-state index contributed by atoms with van der Waals surface area (Å²) in [5.41, 5.74) is 1.42. The van der Waals surface area contributed by atoms with E-state index in [1.165, 1.54) is 7.11 Å². The van der Waals surface area contributed by atoms with Crippen molar-refractivity contribution in [1.29, 1.82) is 5.26 Å². The van der Waals surface area contributed by atoms with Gasteiger partial charge in [-0.25, -0.2) is 0 Å². The minimum Gasteiger partial charge on any atom is -0.469 e. The number of aliphatic hydroxyl groups is 1. The van der Waals surface area contributed by atoms with Gasteiger partial charge in [-0.15, -0.1) is 0 Å². The molecular weight excluding hydrogens is 274 g/mol. The molecule has 0 aliphatic heterocycles. The van der Waals surface area contributed by atoms with Crippen molar-refractivity contribution in [2.45, 2.75) is 13.0 Å². The number of carbonyl (C=O) groups is 1. The Hall–Kier alpha value is -1.38. The molecule has 0 saturated heterocycles. The van der Waals surface area contributed by atoms with Crippen molar-refractivity contribution < 1.29 is 14.6 Å². The summed E-state index contributed by atoms with van der Waals surface area (Å²) in [4.78, 5) is 11.2. The molecule has 0 aliphatic carbocycles. The molecule has 1 aromatic carbocycles. The Bertz CT molecular complexity index is 451. The number of esters is 1. The third-order valence-corrected chi connectivity index (χ3v) is 2.94. The summed E-state index contributed by atoms with van der Waals surface area (Å²) in [6, 6.07) is 5.24. The van der Waals surface area contributed by atoms with Gasteiger partial charge in [-0.3, -0.25) is 4.79 Å². The summed E-state index contributed by atoms with van der Waals surface area (Å²) in [5.74, 6) is -0.412. The molecule has 0 spiro atoms. The second-order valence-corrected chi connectivity index (χ2v) is 3.93. The molecular formula is C11H10BrNO3. The first kappa shape index (κ1) is 12.7. The Morgan fingerprint density at radius 3 is 2.75 bits per heavy atom. The van der Waals surface area contributed by atoms with Gasteiger partial charge in [0.05, 0.1) is 31.8 Å². The van der Waals surface area contributed by atoms with Crippen LogP contribution in [0.3, 0.4) is 0 Å². The zero-order valence-corrected chi connectivity index (χ0v) is 10.2. The number of nitrogens with zero attached hydrogens (tertiary/aromatic N) is 1. The standard InChI is InChI=1S/C11H10BrNO3/c1-16-11(15)4-8-9(6-14)7(5-13)2-3-10(8)12/h2-3,14H,4,6H2,1H3. The van der Waals surface area contributed by atoms with E-state index in [0.717, 1.165) is 0 Å². The number of halogens is 1. The molecule has 1 aromatic rings. The Balaban J connectivity index is 3.24. The van der Waals surface area contributed by atoms with Gasteiger partial charge in [0.1, 0.15) is 0 Å². The lowest BCUT2D eigenvalue weighted by atomic mass is 10.00. The smallest absolute Gasteiger partial charge is 0.310 e. The topological polar surface area (TPSA) is 70.3 Å². The summed E-state index contributed by atoms with van der Waals surface area (Å²) in [7, 11) is 1.29. The normalized spacial score (nSPS) is 9.62. The molecule has 1 rings (SSSR count). The highest BCUT2D eigenvalue weighted by Gasteiger charge is 2.14. The summed E-state index contributed by atoms with van der Waals surface area (Å²) in [6.07, 6.45) is 0.0303. The van der Waals surface area contributed by atoms with Crippen LogP contribution in [-0.4, -0.2) is 18.2 Å². The number of ether oxygens (including phenoxy) is 1. The fraction of sp³-hybridized carbons (Fsp3) is 0.273. The highest BCUT2D eigenvalue weighted by molar-refractivity contribution is 9.10. The van der Waals surface area contributed by atoms with Crippen molar-refractivity contribution in [3.63, 3.8) is 0 Å². The van der Waals surface area contributed by atoms with Gasteiger partial charge in [-0.2, -0.15) is 5.26 Å². The van der Waals surface area contributed by atoms with Crippen LogP contribution < -0.4 is 0 Å². The van der Waals surface area contributed by atoms with Crippen LogP contribution in [0.1, 0.15) is 16.7 Å². The van der Waals surface area contributed by atoms with Gasteiger partial charge in [-0.1, -0.05) is 15.9 Å². The molecule has 0 atom stereocenters. The molecule has 1 N–H and O–H groups in total. The number of rotatable bonds is 3. The molecule has 0 unspecified atom stereocenters. The first-order valence-corrected chi connectivity index (χ1v) is 5.31. The van der Waals surface area contributed by atoms with Crippen molar-refractivity contribution in [3.05, 3.63) is 33.3 Å². The number of benzene rings is 1. The monoisotopic (exact) mass is 283 g/mol. The Labute approximate surface area is 102 Å². The zero-order chi connectivity index (χ0) is 12.1. The Morgan fingerprint density at radius 1 is 1.56 bits per heavy atom. The van der Waals surface area contributed by atoms with E-state index in [9.17, 15) is 9.90 Å². The molecule has 0 fully saturated rings. The van der Waals surface area contributed by atoms with Crippen molar-refractivity contribution in [1.82, 2.24) is 0 Å². The van der Waals surface area contributed by atoms with Crippen molar-refractivity contribution in [2.24, 2.45) is 0 Å². The first-order chi connectivity index (χ1) is 7.63. The lowest BCUT2D eigenvalue weighted by molar-refractivity contribution is -0.139. The van der Waals surface area contributed by atoms with E-state index in [-0.39, 0.29) is 13.0 Å². The van der Waals surface area contributed by atoms with Crippen LogP contribution in [-0.2, 0) is 22.6 Å². The van der Waals surface area contributed by atoms with Crippen LogP contribution in [0.4, 0.5) is 0 Å². The number of nitriles is 1. The molecule has 0 heterocycles. The van der Waals surface area contributed by atoms with E-state index in [1.54, 1.807) is 12.1 Å². The van der Waals surface area contributed by atoms with Crippen LogP contribution in [0, 0.1) is 11.3 Å². The summed E-state index contributed by atoms with van der Waals surface area (Å²) in [5, 5.41) is 18.1. The third-order valence-electron chi connectivity index (χ3n) is 2.20. The van der Waals surface area contributed by atoms with E-state index >= 15 is 0 Å². The van der Waals surface area contributed by atoms with Gasteiger partial charge in [0.2, 0.25) is 0 Å². The van der Waals surface area contributed by atoms with Gasteiger partial charge < -0.3 is 9.84 Å². The van der Waals surface area contributed by atoms with Crippen LogP contribution in [0.5, 0.6) is 0 Å². The van der Waals surface area contributed by atoms with E-state index in [0.29, 0.717) is 21.2 Å². The fourth-order valence-electron chi connectivity index (χ4n) is 1.36. The maximum Gasteiger partial charge on any atom is 0.310 e. The Kier molecular flexibility index (Phi) is 4.47. The van der Waals surface area contributed by atoms with Gasteiger partial charge in [0.15, 0.2) is 0 Å². The van der Waals surface area contributed by atoms with Gasteiger partial charge >= 0.3 is 5.97 Å². The summed E-state index contributed by atoms with van der Waals surface area (Å²) in [6.45, 7) is -0.283. The minimum atomic E-state index is -0.412. The van der Waals surface area contributed by atoms with E-state index in [1.807, 2.05) is 6.07 Å². The van der Waals surface area contributed by atoms with Gasteiger partial charge in [-0.05, 0) is 17.7 Å². The number of hydrogen-bond donors (Lipinski definition) is 1. The molecule has 84 valence electrons.